The van der Waals surface area contributed by atoms with Crippen LogP contribution in [0.25, 0.3) is 0 Å². The molecule has 2 N–H and O–H groups in total. The zero-order valence-corrected chi connectivity index (χ0v) is 9.95. The van der Waals surface area contributed by atoms with Gasteiger partial charge in [-0.3, -0.25) is 10.1 Å². The van der Waals surface area contributed by atoms with Crippen LogP contribution in [-0.4, -0.2) is 34.1 Å². The second kappa shape index (κ2) is 5.32. The smallest absolute Gasteiger partial charge is 0.288 e. The maximum absolute atomic E-state index is 12.7. The Morgan fingerprint density at radius 3 is 2.76 bits per heavy atom. The monoisotopic (exact) mass is 311 g/mol. The van der Waals surface area contributed by atoms with Gasteiger partial charge in [0.25, 0.3) is 11.6 Å². The number of alkyl halides is 2. The summed E-state index contributed by atoms with van der Waals surface area (Å²) in [5.74, 6) is -3.23. The van der Waals surface area contributed by atoms with E-state index in [2.05, 4.69) is 26.2 Å². The Kier molecular flexibility index (Phi) is 4.29. The van der Waals surface area contributed by atoms with Gasteiger partial charge >= 0.3 is 0 Å². The molecule has 0 aromatic carbocycles. The highest BCUT2D eigenvalue weighted by molar-refractivity contribution is 9.10. The molecule has 0 radical (unpaired) electrons. The first-order valence-electron chi connectivity index (χ1n) is 4.38. The van der Waals surface area contributed by atoms with Gasteiger partial charge in [-0.25, -0.2) is 13.8 Å². The molecule has 6 nitrogen and oxygen atoms in total. The van der Waals surface area contributed by atoms with Gasteiger partial charge in [0.2, 0.25) is 0 Å². The molecule has 0 atom stereocenters. The number of aliphatic hydroxyl groups is 1. The van der Waals surface area contributed by atoms with Gasteiger partial charge in [0, 0.05) is 6.07 Å². The van der Waals surface area contributed by atoms with Crippen LogP contribution >= 0.6 is 15.9 Å². The van der Waals surface area contributed by atoms with Gasteiger partial charge in [-0.15, -0.1) is 0 Å². The summed E-state index contributed by atoms with van der Waals surface area (Å²) in [5.41, 5.74) is -0.253. The van der Waals surface area contributed by atoms with Crippen molar-refractivity contribution >= 4 is 27.4 Å². The van der Waals surface area contributed by atoms with E-state index >= 15 is 0 Å². The average molecular weight is 312 g/mol. The lowest BCUT2D eigenvalue weighted by Gasteiger charge is -2.14. The molecular formula is C8H8BrF2N3O3. The number of aromatic nitrogens is 1. The zero-order chi connectivity index (χ0) is 13.1. The first-order chi connectivity index (χ1) is 7.85. The molecule has 0 saturated carbocycles. The lowest BCUT2D eigenvalue weighted by Crippen LogP contribution is -2.31. The van der Waals surface area contributed by atoms with Crippen molar-refractivity contribution in [3.8, 4) is 0 Å². The van der Waals surface area contributed by atoms with Crippen molar-refractivity contribution in [2.45, 2.75) is 5.92 Å². The van der Waals surface area contributed by atoms with Gasteiger partial charge in [-0.2, -0.15) is 0 Å². The average Bonchev–Trinajstić information content (AvgIpc) is 2.27. The molecule has 0 bridgehead atoms. The molecule has 1 aromatic rings. The van der Waals surface area contributed by atoms with Crippen molar-refractivity contribution < 1.29 is 18.8 Å². The quantitative estimate of drug-likeness (QED) is 0.639. The first kappa shape index (κ1) is 13.7. The lowest BCUT2D eigenvalue weighted by molar-refractivity contribution is -0.385. The number of pyridine rings is 1. The van der Waals surface area contributed by atoms with Gasteiger partial charge in [0.15, 0.2) is 0 Å². The van der Waals surface area contributed by atoms with Crippen LogP contribution in [0.5, 0.6) is 0 Å². The van der Waals surface area contributed by atoms with E-state index in [4.69, 9.17) is 5.11 Å². The highest BCUT2D eigenvalue weighted by Crippen LogP contribution is 2.25. The summed E-state index contributed by atoms with van der Waals surface area (Å²) in [6, 6.07) is 1.15. The molecule has 9 heteroatoms. The van der Waals surface area contributed by atoms with Crippen molar-refractivity contribution in [1.82, 2.24) is 4.98 Å². The van der Waals surface area contributed by atoms with Crippen LogP contribution in [0.1, 0.15) is 0 Å². The van der Waals surface area contributed by atoms with Crippen molar-refractivity contribution in [3.63, 3.8) is 0 Å². The zero-order valence-electron chi connectivity index (χ0n) is 8.36. The third-order valence-electron chi connectivity index (χ3n) is 1.78. The molecule has 0 aliphatic rings. The van der Waals surface area contributed by atoms with Crippen LogP contribution in [0.2, 0.25) is 0 Å². The van der Waals surface area contributed by atoms with E-state index in [9.17, 15) is 18.9 Å². The van der Waals surface area contributed by atoms with Crippen molar-refractivity contribution in [1.29, 1.82) is 0 Å². The van der Waals surface area contributed by atoms with Crippen molar-refractivity contribution in [3.05, 3.63) is 26.9 Å². The molecule has 94 valence electrons. The summed E-state index contributed by atoms with van der Waals surface area (Å²) < 4.78 is 25.6. The molecule has 0 aliphatic carbocycles. The Morgan fingerprint density at radius 2 is 2.29 bits per heavy atom. The maximum Gasteiger partial charge on any atom is 0.288 e. The lowest BCUT2D eigenvalue weighted by atomic mass is 10.3. The summed E-state index contributed by atoms with van der Waals surface area (Å²) in [5, 5.41) is 21.0. The minimum atomic E-state index is -3.27. The Hall–Kier alpha value is -1.35. The number of nitrogens with zero attached hydrogens (tertiary/aromatic N) is 2. The fraction of sp³-hybridized carbons (Fsp3) is 0.375. The predicted octanol–water partition coefficient (Wildman–Crippen LogP) is 1.79. The fourth-order valence-electron chi connectivity index (χ4n) is 0.927. The Morgan fingerprint density at radius 1 is 1.65 bits per heavy atom. The van der Waals surface area contributed by atoms with E-state index in [0.29, 0.717) is 0 Å². The highest BCUT2D eigenvalue weighted by atomic mass is 79.9. The SMILES string of the molecule is O=[N+]([O-])c1cnc(NCC(F)(F)CO)c(Br)c1. The molecule has 0 amide bonds. The number of anilines is 1. The van der Waals surface area contributed by atoms with Crippen LogP contribution < -0.4 is 5.32 Å². The number of aliphatic hydroxyl groups excluding tert-OH is 1. The number of rotatable bonds is 5. The molecule has 0 spiro atoms. The second-order valence-electron chi connectivity index (χ2n) is 3.15. The Balaban J connectivity index is 2.77. The molecule has 1 aromatic heterocycles. The summed E-state index contributed by atoms with van der Waals surface area (Å²) >= 11 is 2.97. The molecular weight excluding hydrogens is 304 g/mol. The van der Waals surface area contributed by atoms with E-state index < -0.39 is 24.0 Å². The van der Waals surface area contributed by atoms with Gasteiger partial charge in [-0.05, 0) is 15.9 Å². The number of nitro groups is 1. The number of nitrogens with one attached hydrogen (secondary N) is 1. The van der Waals surface area contributed by atoms with Gasteiger partial charge in [0.05, 0.1) is 15.9 Å². The Labute approximate surface area is 103 Å². The standard InChI is InChI=1S/C8H8BrF2N3O3/c9-6-1-5(14(16)17)2-12-7(6)13-3-8(10,11)4-15/h1-2,15H,3-4H2,(H,12,13). The maximum atomic E-state index is 12.7. The molecule has 17 heavy (non-hydrogen) atoms. The van der Waals surface area contributed by atoms with Crippen LogP contribution in [0, 0.1) is 10.1 Å². The number of halogens is 3. The van der Waals surface area contributed by atoms with Crippen LogP contribution in [-0.2, 0) is 0 Å². The van der Waals surface area contributed by atoms with Crippen LogP contribution in [0.3, 0.4) is 0 Å². The van der Waals surface area contributed by atoms with E-state index in [1.807, 2.05) is 0 Å². The van der Waals surface area contributed by atoms with E-state index in [0.717, 1.165) is 12.3 Å². The first-order valence-corrected chi connectivity index (χ1v) is 5.17. The highest BCUT2D eigenvalue weighted by Gasteiger charge is 2.27. The van der Waals surface area contributed by atoms with Crippen molar-refractivity contribution in [2.24, 2.45) is 0 Å². The fourth-order valence-corrected chi connectivity index (χ4v) is 1.40. The summed E-state index contributed by atoms with van der Waals surface area (Å²) in [4.78, 5) is 13.4. The van der Waals surface area contributed by atoms with E-state index in [1.54, 1.807) is 0 Å². The normalized spacial score (nSPS) is 11.3. The third kappa shape index (κ3) is 3.86. The molecule has 0 saturated heterocycles. The van der Waals surface area contributed by atoms with Gasteiger partial charge < -0.3 is 10.4 Å². The molecule has 1 rings (SSSR count). The van der Waals surface area contributed by atoms with Gasteiger partial charge in [-0.1, -0.05) is 0 Å². The predicted molar refractivity (Wildman–Crippen MR) is 59.1 cm³/mol. The third-order valence-corrected chi connectivity index (χ3v) is 2.39. The summed E-state index contributed by atoms with van der Waals surface area (Å²) in [6.07, 6.45) is 0.949. The Bertz CT molecular complexity index is 430. The number of hydrogen-bond acceptors (Lipinski definition) is 5. The van der Waals surface area contributed by atoms with E-state index in [1.165, 1.54) is 0 Å². The molecule has 0 unspecified atom stereocenters. The number of hydrogen-bond donors (Lipinski definition) is 2. The summed E-state index contributed by atoms with van der Waals surface area (Å²) in [7, 11) is 0. The summed E-state index contributed by atoms with van der Waals surface area (Å²) in [6.45, 7) is -2.10. The second-order valence-corrected chi connectivity index (χ2v) is 4.00. The minimum absolute atomic E-state index is 0.0451. The van der Waals surface area contributed by atoms with E-state index in [-0.39, 0.29) is 16.0 Å². The van der Waals surface area contributed by atoms with Gasteiger partial charge in [0.1, 0.15) is 18.6 Å². The molecule has 1 heterocycles. The van der Waals surface area contributed by atoms with Crippen molar-refractivity contribution in [2.75, 3.05) is 18.5 Å². The molecule has 0 aliphatic heterocycles. The van der Waals surface area contributed by atoms with Crippen LogP contribution in [0.15, 0.2) is 16.7 Å². The molecule has 0 fully saturated rings. The minimum Gasteiger partial charge on any atom is -0.390 e. The topological polar surface area (TPSA) is 88.3 Å². The van der Waals surface area contributed by atoms with Crippen LogP contribution in [0.4, 0.5) is 20.3 Å². The largest absolute Gasteiger partial charge is 0.390 e.